The molecule has 2 aromatic carbocycles. The number of nitrogens with zero attached hydrogens (tertiary/aromatic N) is 4. The van der Waals surface area contributed by atoms with Crippen molar-refractivity contribution in [1.82, 2.24) is 19.7 Å². The van der Waals surface area contributed by atoms with E-state index in [2.05, 4.69) is 27.0 Å². The molecular weight excluding hydrogens is 542 g/mol. The van der Waals surface area contributed by atoms with E-state index in [1.54, 1.807) is 37.2 Å². The summed E-state index contributed by atoms with van der Waals surface area (Å²) in [5, 5.41) is 14.1. The third-order valence-electron chi connectivity index (χ3n) is 6.69. The van der Waals surface area contributed by atoms with Crippen molar-refractivity contribution in [1.29, 1.82) is 0 Å². The molecule has 2 atom stereocenters. The number of nitrogens with one attached hydrogen (secondary N) is 1. The fraction of sp³-hybridized carbons (Fsp3) is 0.300. The average molecular weight is 576 g/mol. The number of carboxylic acid groups (broad SMARTS) is 1. The lowest BCUT2D eigenvalue weighted by molar-refractivity contribution is -0.148. The van der Waals surface area contributed by atoms with E-state index >= 15 is 0 Å². The Labute approximate surface area is 242 Å². The lowest BCUT2D eigenvalue weighted by Gasteiger charge is -2.42. The standard InChI is InChI=1S/C30H33N5O5S/c1-22(2)28(30(37)38)35(41(39)40)34-18-16-33(17-19-34)26-12-10-23(11-13-26)8-9-24-14-15-31-27(20-24)29(36)32-21-25-6-4-3-5-7-25/h3-7,10-15,20,22,28H,16-19,21H2,1-2H3,(H,32,36)(H,37,38)(H,39,40). The molecule has 1 amide bonds. The van der Waals surface area contributed by atoms with Crippen LogP contribution in [0, 0.1) is 17.8 Å². The molecule has 11 heteroatoms. The van der Waals surface area contributed by atoms with E-state index in [1.165, 1.54) is 0 Å². The van der Waals surface area contributed by atoms with Crippen molar-refractivity contribution < 1.29 is 23.5 Å². The quantitative estimate of drug-likeness (QED) is 0.263. The summed E-state index contributed by atoms with van der Waals surface area (Å²) in [6, 6.07) is 19.7. The van der Waals surface area contributed by atoms with Gasteiger partial charge >= 0.3 is 5.97 Å². The summed E-state index contributed by atoms with van der Waals surface area (Å²) in [6.07, 6.45) is 1.57. The van der Waals surface area contributed by atoms with Crippen LogP contribution in [-0.4, -0.2) is 72.4 Å². The number of aliphatic carboxylic acids is 1. The minimum Gasteiger partial charge on any atom is -0.480 e. The van der Waals surface area contributed by atoms with Gasteiger partial charge in [-0.15, -0.1) is 4.41 Å². The van der Waals surface area contributed by atoms with Crippen molar-refractivity contribution in [3.05, 3.63) is 95.3 Å². The minimum absolute atomic E-state index is 0.266. The molecule has 0 radical (unpaired) electrons. The van der Waals surface area contributed by atoms with Crippen LogP contribution in [-0.2, 0) is 22.6 Å². The molecule has 3 N–H and O–H groups in total. The second-order valence-corrected chi connectivity index (χ2v) is 10.7. The topological polar surface area (TPSA) is 126 Å². The number of carboxylic acids is 1. The lowest BCUT2D eigenvalue weighted by Crippen LogP contribution is -2.60. The molecule has 0 aliphatic carbocycles. The second-order valence-electron chi connectivity index (χ2n) is 9.90. The third kappa shape index (κ3) is 7.99. The molecular formula is C30H33N5O5S. The first-order valence-corrected chi connectivity index (χ1v) is 14.3. The highest BCUT2D eigenvalue weighted by atomic mass is 32.2. The van der Waals surface area contributed by atoms with Crippen LogP contribution in [0.4, 0.5) is 5.69 Å². The van der Waals surface area contributed by atoms with Gasteiger partial charge < -0.3 is 15.3 Å². The van der Waals surface area contributed by atoms with Gasteiger partial charge in [-0.2, -0.15) is 0 Å². The summed E-state index contributed by atoms with van der Waals surface area (Å²) >= 11 is -2.44. The smallest absolute Gasteiger partial charge is 0.323 e. The number of carbonyl (C=O) groups excluding carboxylic acids is 1. The largest absolute Gasteiger partial charge is 0.480 e. The number of hydrazine groups is 1. The summed E-state index contributed by atoms with van der Waals surface area (Å²) in [7, 11) is 0. The molecule has 2 unspecified atom stereocenters. The van der Waals surface area contributed by atoms with Gasteiger partial charge in [-0.05, 0) is 47.9 Å². The number of hydrogen-bond acceptors (Lipinski definition) is 6. The Morgan fingerprint density at radius 1 is 1.00 bits per heavy atom. The Balaban J connectivity index is 1.35. The van der Waals surface area contributed by atoms with Gasteiger partial charge in [-0.25, -0.2) is 9.22 Å². The predicted molar refractivity (Wildman–Crippen MR) is 157 cm³/mol. The molecule has 1 fully saturated rings. The minimum atomic E-state index is -2.44. The first-order chi connectivity index (χ1) is 19.7. The molecule has 1 aliphatic rings. The van der Waals surface area contributed by atoms with Crippen molar-refractivity contribution in [3.63, 3.8) is 0 Å². The normalized spacial score (nSPS) is 15.2. The van der Waals surface area contributed by atoms with E-state index in [0.29, 0.717) is 44.0 Å². The first-order valence-electron chi connectivity index (χ1n) is 13.3. The molecule has 2 heterocycles. The van der Waals surface area contributed by atoms with E-state index in [0.717, 1.165) is 21.2 Å². The van der Waals surface area contributed by atoms with Gasteiger partial charge in [-0.3, -0.25) is 19.1 Å². The molecule has 214 valence electrons. The third-order valence-corrected chi connectivity index (χ3v) is 7.47. The van der Waals surface area contributed by atoms with Crippen molar-refractivity contribution in [3.8, 4) is 11.8 Å². The zero-order chi connectivity index (χ0) is 29.4. The fourth-order valence-corrected chi connectivity index (χ4v) is 5.45. The van der Waals surface area contributed by atoms with Crippen LogP contribution < -0.4 is 10.2 Å². The maximum atomic E-state index is 12.5. The number of rotatable bonds is 9. The van der Waals surface area contributed by atoms with Gasteiger partial charge in [0.25, 0.3) is 5.91 Å². The highest BCUT2D eigenvalue weighted by Crippen LogP contribution is 2.21. The summed E-state index contributed by atoms with van der Waals surface area (Å²) < 4.78 is 22.9. The van der Waals surface area contributed by atoms with E-state index in [4.69, 9.17) is 0 Å². The van der Waals surface area contributed by atoms with Crippen LogP contribution >= 0.6 is 0 Å². The summed E-state index contributed by atoms with van der Waals surface area (Å²) in [5.74, 6) is 4.48. The van der Waals surface area contributed by atoms with Gasteiger partial charge in [0.2, 0.25) is 11.3 Å². The lowest BCUT2D eigenvalue weighted by atomic mass is 10.1. The second kappa shape index (κ2) is 14.0. The molecule has 4 rings (SSSR count). The first kappa shape index (κ1) is 29.9. The molecule has 10 nitrogen and oxygen atoms in total. The molecule has 0 saturated carbocycles. The monoisotopic (exact) mass is 575 g/mol. The summed E-state index contributed by atoms with van der Waals surface area (Å²) in [6.45, 7) is 5.80. The van der Waals surface area contributed by atoms with Crippen molar-refractivity contribution >= 4 is 28.8 Å². The van der Waals surface area contributed by atoms with Crippen LogP contribution in [0.2, 0.25) is 0 Å². The van der Waals surface area contributed by atoms with Crippen LogP contribution in [0.1, 0.15) is 41.0 Å². The van der Waals surface area contributed by atoms with Crippen molar-refractivity contribution in [2.75, 3.05) is 31.1 Å². The SMILES string of the molecule is CC(C)C(C(=O)O)N(N1CCN(c2ccc(C#Cc3ccnc(C(=O)NCc4ccccc4)c3)cc2)CC1)S(=O)O. The van der Waals surface area contributed by atoms with Crippen LogP contribution in [0.15, 0.2) is 72.9 Å². The zero-order valence-corrected chi connectivity index (χ0v) is 23.8. The number of aromatic nitrogens is 1. The van der Waals surface area contributed by atoms with Crippen molar-refractivity contribution in [2.24, 2.45) is 5.92 Å². The van der Waals surface area contributed by atoms with Gasteiger partial charge in [0.05, 0.1) is 0 Å². The molecule has 1 aromatic heterocycles. The fourth-order valence-electron chi connectivity index (χ4n) is 4.56. The predicted octanol–water partition coefficient (Wildman–Crippen LogP) is 3.00. The van der Waals surface area contributed by atoms with Crippen LogP contribution in [0.25, 0.3) is 0 Å². The van der Waals surface area contributed by atoms with Gasteiger partial charge in [0, 0.05) is 55.7 Å². The van der Waals surface area contributed by atoms with Crippen molar-refractivity contribution in [2.45, 2.75) is 26.4 Å². The maximum Gasteiger partial charge on any atom is 0.323 e. The molecule has 1 aliphatic heterocycles. The highest BCUT2D eigenvalue weighted by Gasteiger charge is 2.38. The Kier molecular flexibility index (Phi) is 10.2. The molecule has 41 heavy (non-hydrogen) atoms. The molecule has 0 spiro atoms. The Morgan fingerprint density at radius 2 is 1.66 bits per heavy atom. The van der Waals surface area contributed by atoms with E-state index < -0.39 is 23.3 Å². The summed E-state index contributed by atoms with van der Waals surface area (Å²) in [4.78, 5) is 30.6. The zero-order valence-electron chi connectivity index (χ0n) is 22.9. The summed E-state index contributed by atoms with van der Waals surface area (Å²) in [5.41, 5.74) is 3.77. The number of hydrogen-bond donors (Lipinski definition) is 3. The van der Waals surface area contributed by atoms with Crippen LogP contribution in [0.3, 0.4) is 0 Å². The number of amides is 1. The number of carbonyl (C=O) groups is 2. The number of pyridine rings is 1. The molecule has 1 saturated heterocycles. The molecule has 0 bridgehead atoms. The van der Waals surface area contributed by atoms with Gasteiger partial charge in [0.1, 0.15) is 11.7 Å². The van der Waals surface area contributed by atoms with E-state index in [1.807, 2.05) is 54.6 Å². The van der Waals surface area contributed by atoms with E-state index in [9.17, 15) is 23.5 Å². The number of anilines is 1. The molecule has 3 aromatic rings. The Hall–Kier alpha value is -4.08. The Bertz CT molecular complexity index is 1430. The van der Waals surface area contributed by atoms with Crippen LogP contribution in [0.5, 0.6) is 0 Å². The number of benzene rings is 2. The van der Waals surface area contributed by atoms with Gasteiger partial charge in [0.15, 0.2) is 0 Å². The average Bonchev–Trinajstić information content (AvgIpc) is 2.98. The highest BCUT2D eigenvalue weighted by molar-refractivity contribution is 7.76. The maximum absolute atomic E-state index is 12.5. The van der Waals surface area contributed by atoms with E-state index in [-0.39, 0.29) is 11.8 Å². The number of piperazine rings is 1. The Morgan fingerprint density at radius 3 is 2.27 bits per heavy atom. The van der Waals surface area contributed by atoms with Gasteiger partial charge in [-0.1, -0.05) is 56.0 Å².